The number of hydrogen-bond donors (Lipinski definition) is 1. The maximum atomic E-state index is 5.54. The first-order valence-corrected chi connectivity index (χ1v) is 12.6. The van der Waals surface area contributed by atoms with Crippen LogP contribution in [0, 0.1) is 0 Å². The minimum Gasteiger partial charge on any atom is -0.496 e. The quantitative estimate of drug-likeness (QED) is 0.220. The molecule has 0 amide bonds. The Balaban J connectivity index is 1.40. The average Bonchev–Trinajstić information content (AvgIpc) is 3.39. The molecular weight excluding hydrogens is 490 g/mol. The van der Waals surface area contributed by atoms with Gasteiger partial charge in [-0.3, -0.25) is 4.57 Å². The summed E-state index contributed by atoms with van der Waals surface area (Å²) < 4.78 is 18.4. The largest absolute Gasteiger partial charge is 0.496 e. The molecule has 0 aliphatic rings. The number of nitrogens with one attached hydrogen (secondary N) is 1. The number of thioether (sulfide) groups is 1. The summed E-state index contributed by atoms with van der Waals surface area (Å²) in [5.74, 6) is 3.20. The highest BCUT2D eigenvalue weighted by Crippen LogP contribution is 2.34. The van der Waals surface area contributed by atoms with Gasteiger partial charge in [-0.2, -0.15) is 0 Å². The lowest BCUT2D eigenvalue weighted by atomic mass is 10.1. The van der Waals surface area contributed by atoms with Crippen LogP contribution in [0.25, 0.3) is 28.1 Å². The highest BCUT2D eigenvalue weighted by atomic mass is 32.2. The number of rotatable bonds is 9. The Morgan fingerprint density at radius 3 is 2.38 bits per heavy atom. The molecule has 188 valence electrons. The van der Waals surface area contributed by atoms with Crippen molar-refractivity contribution in [3.8, 4) is 34.3 Å². The Hall–Kier alpha value is -4.38. The molecule has 11 heteroatoms. The van der Waals surface area contributed by atoms with Crippen LogP contribution < -0.4 is 19.5 Å². The molecule has 0 spiro atoms. The Morgan fingerprint density at radius 2 is 1.65 bits per heavy atom. The molecule has 0 bridgehead atoms. The highest BCUT2D eigenvalue weighted by Gasteiger charge is 2.14. The molecule has 0 aliphatic heterocycles. The maximum Gasteiger partial charge on any atom is 0.223 e. The van der Waals surface area contributed by atoms with Crippen LogP contribution in [-0.4, -0.2) is 57.1 Å². The zero-order chi connectivity index (χ0) is 25.8. The Morgan fingerprint density at radius 1 is 0.865 bits per heavy atom. The first-order chi connectivity index (χ1) is 18.1. The van der Waals surface area contributed by atoms with Crippen molar-refractivity contribution in [3.05, 3.63) is 66.7 Å². The van der Waals surface area contributed by atoms with E-state index < -0.39 is 0 Å². The fraction of sp³-hybridized carbons (Fsp3) is 0.192. The number of nitrogens with zero attached hydrogens (tertiary/aromatic N) is 6. The zero-order valence-electron chi connectivity index (χ0n) is 20.8. The maximum absolute atomic E-state index is 5.54. The molecule has 5 rings (SSSR count). The normalized spacial score (nSPS) is 10.9. The summed E-state index contributed by atoms with van der Waals surface area (Å²) in [7, 11) is 4.82. The van der Waals surface area contributed by atoms with E-state index in [4.69, 9.17) is 19.2 Å². The van der Waals surface area contributed by atoms with Gasteiger partial charge < -0.3 is 19.5 Å². The van der Waals surface area contributed by atoms with Crippen molar-refractivity contribution in [2.45, 2.75) is 11.7 Å². The number of benzene rings is 2. The summed E-state index contributed by atoms with van der Waals surface area (Å²) in [6, 6.07) is 13.4. The van der Waals surface area contributed by atoms with Crippen molar-refractivity contribution in [2.24, 2.45) is 0 Å². The highest BCUT2D eigenvalue weighted by molar-refractivity contribution is 7.98. The van der Waals surface area contributed by atoms with Gasteiger partial charge in [-0.05, 0) is 30.5 Å². The number of fused-ring (bicyclic) bond motifs is 1. The van der Waals surface area contributed by atoms with Crippen LogP contribution in [0.3, 0.4) is 0 Å². The first kappa shape index (κ1) is 24.3. The van der Waals surface area contributed by atoms with Crippen LogP contribution in [0.2, 0.25) is 0 Å². The standard InChI is InChI=1S/C26H25N7O3S/c1-34-17-12-22(35-2)18(23(13-17)36-3)14-29-25-27-9-7-19(31-25)16-5-6-21-20(11-16)30-15-33(21)24-8-10-28-26(32-24)37-4/h5-13,15H,14H2,1-4H3,(H,27,29,31). The smallest absolute Gasteiger partial charge is 0.223 e. The molecule has 0 aliphatic carbocycles. The summed E-state index contributed by atoms with van der Waals surface area (Å²) in [5, 5.41) is 3.98. The molecule has 3 aromatic heterocycles. The van der Waals surface area contributed by atoms with E-state index in [1.54, 1.807) is 40.1 Å². The second-order valence-electron chi connectivity index (χ2n) is 7.85. The predicted molar refractivity (Wildman–Crippen MR) is 143 cm³/mol. The first-order valence-electron chi connectivity index (χ1n) is 11.3. The zero-order valence-corrected chi connectivity index (χ0v) is 21.6. The van der Waals surface area contributed by atoms with Crippen molar-refractivity contribution < 1.29 is 14.2 Å². The molecule has 0 saturated carbocycles. The number of imidazole rings is 1. The second-order valence-corrected chi connectivity index (χ2v) is 8.62. The summed E-state index contributed by atoms with van der Waals surface area (Å²) >= 11 is 1.50. The average molecular weight is 516 g/mol. The van der Waals surface area contributed by atoms with Crippen molar-refractivity contribution in [1.82, 2.24) is 29.5 Å². The number of anilines is 1. The molecular formula is C26H25N7O3S. The molecule has 5 aromatic rings. The molecule has 1 N–H and O–H groups in total. The molecule has 0 saturated heterocycles. The molecule has 0 fully saturated rings. The van der Waals surface area contributed by atoms with Gasteiger partial charge in [0.05, 0.1) is 50.2 Å². The van der Waals surface area contributed by atoms with Gasteiger partial charge in [0.2, 0.25) is 5.95 Å². The molecule has 0 radical (unpaired) electrons. The van der Waals surface area contributed by atoms with Gasteiger partial charge in [0.25, 0.3) is 0 Å². The van der Waals surface area contributed by atoms with Crippen molar-refractivity contribution >= 4 is 28.7 Å². The van der Waals surface area contributed by atoms with E-state index in [1.165, 1.54) is 11.8 Å². The van der Waals surface area contributed by atoms with E-state index >= 15 is 0 Å². The van der Waals surface area contributed by atoms with Gasteiger partial charge in [0, 0.05) is 30.1 Å². The SMILES string of the molecule is COc1cc(OC)c(CNc2nccc(-c3ccc4c(c3)ncn4-c3ccnc(SC)n3)n2)c(OC)c1. The summed E-state index contributed by atoms with van der Waals surface area (Å²) in [6.45, 7) is 0.403. The predicted octanol–water partition coefficient (Wildman–Crippen LogP) is 4.63. The van der Waals surface area contributed by atoms with Crippen LogP contribution in [0.5, 0.6) is 17.2 Å². The van der Waals surface area contributed by atoms with Gasteiger partial charge in [0.1, 0.15) is 29.4 Å². The Kier molecular flexibility index (Phi) is 7.04. The van der Waals surface area contributed by atoms with Crippen molar-refractivity contribution in [2.75, 3.05) is 32.9 Å². The minimum absolute atomic E-state index is 0.403. The number of aromatic nitrogens is 6. The van der Waals surface area contributed by atoms with Gasteiger partial charge in [0.15, 0.2) is 5.16 Å². The van der Waals surface area contributed by atoms with E-state index in [1.807, 2.05) is 53.3 Å². The van der Waals surface area contributed by atoms with Gasteiger partial charge in [-0.15, -0.1) is 0 Å². The van der Waals surface area contributed by atoms with Crippen LogP contribution in [0.4, 0.5) is 5.95 Å². The number of ether oxygens (including phenoxy) is 3. The topological polar surface area (TPSA) is 109 Å². The Bertz CT molecular complexity index is 1530. The van der Waals surface area contributed by atoms with Crippen LogP contribution in [0.1, 0.15) is 5.56 Å². The lowest BCUT2D eigenvalue weighted by molar-refractivity contribution is 0.369. The van der Waals surface area contributed by atoms with Crippen molar-refractivity contribution in [1.29, 1.82) is 0 Å². The summed E-state index contributed by atoms with van der Waals surface area (Å²) in [6.07, 6.45) is 7.19. The molecule has 0 unspecified atom stereocenters. The molecule has 0 atom stereocenters. The van der Waals surface area contributed by atoms with E-state index in [-0.39, 0.29) is 0 Å². The van der Waals surface area contributed by atoms with Crippen LogP contribution in [0.15, 0.2) is 66.3 Å². The fourth-order valence-corrected chi connectivity index (χ4v) is 4.29. The van der Waals surface area contributed by atoms with Crippen LogP contribution in [-0.2, 0) is 6.54 Å². The molecule has 37 heavy (non-hydrogen) atoms. The third-order valence-corrected chi connectivity index (χ3v) is 6.35. The Labute approximate surface area is 218 Å². The van der Waals surface area contributed by atoms with E-state index in [2.05, 4.69) is 25.3 Å². The monoisotopic (exact) mass is 515 g/mol. The van der Waals surface area contributed by atoms with Gasteiger partial charge in [-0.1, -0.05) is 17.8 Å². The lowest BCUT2D eigenvalue weighted by Gasteiger charge is -2.15. The summed E-state index contributed by atoms with van der Waals surface area (Å²) in [5.41, 5.74) is 4.31. The minimum atomic E-state index is 0.403. The van der Waals surface area contributed by atoms with Gasteiger partial charge in [-0.25, -0.2) is 24.9 Å². The summed E-state index contributed by atoms with van der Waals surface area (Å²) in [4.78, 5) is 22.5. The second kappa shape index (κ2) is 10.7. The van der Waals surface area contributed by atoms with Crippen LogP contribution >= 0.6 is 11.8 Å². The van der Waals surface area contributed by atoms with Gasteiger partial charge >= 0.3 is 0 Å². The fourth-order valence-electron chi connectivity index (χ4n) is 3.94. The molecule has 2 aromatic carbocycles. The lowest BCUT2D eigenvalue weighted by Crippen LogP contribution is -2.07. The number of methoxy groups -OCH3 is 3. The van der Waals surface area contributed by atoms with Crippen molar-refractivity contribution in [3.63, 3.8) is 0 Å². The van der Waals surface area contributed by atoms with E-state index in [0.29, 0.717) is 34.9 Å². The van der Waals surface area contributed by atoms with E-state index in [9.17, 15) is 0 Å². The molecule has 3 heterocycles. The molecule has 10 nitrogen and oxygen atoms in total. The third kappa shape index (κ3) is 4.98. The third-order valence-electron chi connectivity index (χ3n) is 5.79. The van der Waals surface area contributed by atoms with E-state index in [0.717, 1.165) is 33.7 Å². The number of hydrogen-bond acceptors (Lipinski definition) is 10.